The number of methoxy groups -OCH3 is 1. The highest BCUT2D eigenvalue weighted by Crippen LogP contribution is 2.25. The van der Waals surface area contributed by atoms with Crippen molar-refractivity contribution in [1.29, 1.82) is 0 Å². The minimum absolute atomic E-state index is 0.106. The summed E-state index contributed by atoms with van der Waals surface area (Å²) in [6.45, 7) is 1.60. The smallest absolute Gasteiger partial charge is 0.240 e. The summed E-state index contributed by atoms with van der Waals surface area (Å²) in [4.78, 5) is 0.170. The van der Waals surface area contributed by atoms with Gasteiger partial charge in [-0.1, -0.05) is 24.3 Å². The molecule has 7 heteroatoms. The molecule has 0 fully saturated rings. The van der Waals surface area contributed by atoms with E-state index in [4.69, 9.17) is 4.74 Å². The SMILES string of the molecule is COc1ccc(S(=O)(=O)NCC(O)c2ccc(-c3ccsc3)cc2)c(C)c1. The van der Waals surface area contributed by atoms with Crippen LogP contribution in [0.25, 0.3) is 11.1 Å². The van der Waals surface area contributed by atoms with Crippen molar-refractivity contribution in [1.82, 2.24) is 4.72 Å². The largest absolute Gasteiger partial charge is 0.497 e. The molecule has 0 aliphatic rings. The van der Waals surface area contributed by atoms with Crippen LogP contribution in [-0.2, 0) is 10.0 Å². The van der Waals surface area contributed by atoms with Gasteiger partial charge < -0.3 is 9.84 Å². The first-order chi connectivity index (χ1) is 12.9. The van der Waals surface area contributed by atoms with Crippen LogP contribution in [0.2, 0.25) is 0 Å². The maximum absolute atomic E-state index is 12.5. The number of hydrogen-bond donors (Lipinski definition) is 2. The topological polar surface area (TPSA) is 75.6 Å². The van der Waals surface area contributed by atoms with Gasteiger partial charge in [-0.2, -0.15) is 11.3 Å². The number of rotatable bonds is 7. The molecule has 0 aliphatic heterocycles. The lowest BCUT2D eigenvalue weighted by molar-refractivity contribution is 0.182. The third-order valence-electron chi connectivity index (χ3n) is 4.29. The van der Waals surface area contributed by atoms with Crippen LogP contribution in [0.5, 0.6) is 5.75 Å². The number of nitrogens with one attached hydrogen (secondary N) is 1. The minimum Gasteiger partial charge on any atom is -0.497 e. The van der Waals surface area contributed by atoms with Gasteiger partial charge in [0.2, 0.25) is 10.0 Å². The number of sulfonamides is 1. The maximum Gasteiger partial charge on any atom is 0.240 e. The zero-order valence-electron chi connectivity index (χ0n) is 15.0. The van der Waals surface area contributed by atoms with Gasteiger partial charge in [-0.25, -0.2) is 13.1 Å². The second kappa shape index (κ2) is 8.22. The van der Waals surface area contributed by atoms with Gasteiger partial charge in [0, 0.05) is 6.54 Å². The molecule has 0 saturated carbocycles. The zero-order valence-corrected chi connectivity index (χ0v) is 16.7. The van der Waals surface area contributed by atoms with Crippen molar-refractivity contribution in [2.45, 2.75) is 17.9 Å². The fraction of sp³-hybridized carbons (Fsp3) is 0.200. The Bertz CT molecular complexity index is 997. The van der Waals surface area contributed by atoms with Crippen molar-refractivity contribution in [2.75, 3.05) is 13.7 Å². The first kappa shape index (κ1) is 19.6. The third kappa shape index (κ3) is 4.56. The van der Waals surface area contributed by atoms with Crippen LogP contribution >= 0.6 is 11.3 Å². The molecule has 142 valence electrons. The van der Waals surface area contributed by atoms with Gasteiger partial charge in [0.1, 0.15) is 5.75 Å². The molecule has 1 atom stereocenters. The van der Waals surface area contributed by atoms with Crippen molar-refractivity contribution < 1.29 is 18.3 Å². The Morgan fingerprint density at radius 2 is 1.85 bits per heavy atom. The molecule has 0 radical (unpaired) electrons. The predicted molar refractivity (Wildman–Crippen MR) is 108 cm³/mol. The molecule has 5 nitrogen and oxygen atoms in total. The van der Waals surface area contributed by atoms with Crippen molar-refractivity contribution in [3.05, 3.63) is 70.4 Å². The summed E-state index contributed by atoms with van der Waals surface area (Å²) < 4.78 is 32.6. The van der Waals surface area contributed by atoms with Crippen molar-refractivity contribution in [3.8, 4) is 16.9 Å². The van der Waals surface area contributed by atoms with E-state index in [1.54, 1.807) is 30.4 Å². The number of ether oxygens (including phenoxy) is 1. The lowest BCUT2D eigenvalue weighted by atomic mass is 10.0. The summed E-state index contributed by atoms with van der Waals surface area (Å²) in [5.41, 5.74) is 3.41. The fourth-order valence-corrected chi connectivity index (χ4v) is 4.69. The summed E-state index contributed by atoms with van der Waals surface area (Å²) in [6.07, 6.45) is -0.935. The Morgan fingerprint density at radius 1 is 1.11 bits per heavy atom. The quantitative estimate of drug-likeness (QED) is 0.630. The molecule has 0 bridgehead atoms. The summed E-state index contributed by atoms with van der Waals surface area (Å²) in [7, 11) is -2.20. The summed E-state index contributed by atoms with van der Waals surface area (Å²) in [6, 6.07) is 14.2. The van der Waals surface area contributed by atoms with Gasteiger partial charge in [-0.05, 0) is 64.2 Å². The van der Waals surface area contributed by atoms with E-state index in [-0.39, 0.29) is 11.4 Å². The van der Waals surface area contributed by atoms with Gasteiger partial charge in [0.25, 0.3) is 0 Å². The Labute approximate surface area is 163 Å². The van der Waals surface area contributed by atoms with Crippen molar-refractivity contribution >= 4 is 21.4 Å². The number of aryl methyl sites for hydroxylation is 1. The predicted octanol–water partition coefficient (Wildman–Crippen LogP) is 3.74. The highest BCUT2D eigenvalue weighted by molar-refractivity contribution is 7.89. The van der Waals surface area contributed by atoms with Gasteiger partial charge in [0.05, 0.1) is 18.1 Å². The standard InChI is InChI=1S/C20H21NO4S2/c1-14-11-18(25-2)7-8-20(14)27(23,24)21-12-19(22)16-5-3-15(4-6-16)17-9-10-26-13-17/h3-11,13,19,21-22H,12H2,1-2H3. The van der Waals surface area contributed by atoms with E-state index in [2.05, 4.69) is 10.1 Å². The second-order valence-electron chi connectivity index (χ2n) is 6.13. The van der Waals surface area contributed by atoms with Gasteiger partial charge >= 0.3 is 0 Å². The Kier molecular flexibility index (Phi) is 5.96. The first-order valence-electron chi connectivity index (χ1n) is 8.35. The molecule has 0 aliphatic carbocycles. The van der Waals surface area contributed by atoms with Crippen molar-refractivity contribution in [2.24, 2.45) is 0 Å². The summed E-state index contributed by atoms with van der Waals surface area (Å²) in [5.74, 6) is 0.595. The van der Waals surface area contributed by atoms with Gasteiger partial charge in [-0.15, -0.1) is 0 Å². The lowest BCUT2D eigenvalue weighted by Gasteiger charge is -2.14. The van der Waals surface area contributed by atoms with Crippen LogP contribution in [-0.4, -0.2) is 27.2 Å². The van der Waals surface area contributed by atoms with E-state index >= 15 is 0 Å². The monoisotopic (exact) mass is 403 g/mol. The molecular formula is C20H21NO4S2. The van der Waals surface area contributed by atoms with Crippen molar-refractivity contribution in [3.63, 3.8) is 0 Å². The number of aliphatic hydroxyl groups excluding tert-OH is 1. The van der Waals surface area contributed by atoms with E-state index < -0.39 is 16.1 Å². The highest BCUT2D eigenvalue weighted by atomic mass is 32.2. The molecule has 3 aromatic rings. The third-order valence-corrected chi connectivity index (χ3v) is 6.56. The van der Waals surface area contributed by atoms with Crippen LogP contribution < -0.4 is 9.46 Å². The maximum atomic E-state index is 12.5. The van der Waals surface area contributed by atoms with Crippen LogP contribution in [0.3, 0.4) is 0 Å². The summed E-state index contributed by atoms with van der Waals surface area (Å²) in [5, 5.41) is 14.4. The highest BCUT2D eigenvalue weighted by Gasteiger charge is 2.19. The molecule has 0 amide bonds. The van der Waals surface area contributed by atoms with Crippen LogP contribution in [0, 0.1) is 6.92 Å². The van der Waals surface area contributed by atoms with E-state index in [0.29, 0.717) is 16.9 Å². The molecule has 1 aromatic heterocycles. The van der Waals surface area contributed by atoms with E-state index in [0.717, 1.165) is 11.1 Å². The number of benzene rings is 2. The zero-order chi connectivity index (χ0) is 19.4. The molecule has 2 N–H and O–H groups in total. The van der Waals surface area contributed by atoms with Crippen LogP contribution in [0.15, 0.2) is 64.2 Å². The Morgan fingerprint density at radius 3 is 2.44 bits per heavy atom. The molecule has 2 aromatic carbocycles. The molecule has 0 spiro atoms. The molecule has 1 unspecified atom stereocenters. The molecule has 27 heavy (non-hydrogen) atoms. The molecule has 3 rings (SSSR count). The minimum atomic E-state index is -3.73. The van der Waals surface area contributed by atoms with Gasteiger partial charge in [-0.3, -0.25) is 0 Å². The number of hydrogen-bond acceptors (Lipinski definition) is 5. The normalized spacial score (nSPS) is 12.7. The van der Waals surface area contributed by atoms with E-state index in [1.807, 2.05) is 35.7 Å². The van der Waals surface area contributed by atoms with E-state index in [1.165, 1.54) is 13.2 Å². The van der Waals surface area contributed by atoms with Gasteiger partial charge in [0.15, 0.2) is 0 Å². The Hall–Kier alpha value is -2.19. The van der Waals surface area contributed by atoms with E-state index in [9.17, 15) is 13.5 Å². The number of aliphatic hydroxyl groups is 1. The van der Waals surface area contributed by atoms with Crippen LogP contribution in [0.4, 0.5) is 0 Å². The molecule has 0 saturated heterocycles. The second-order valence-corrected chi connectivity index (χ2v) is 8.65. The fourth-order valence-electron chi connectivity index (χ4n) is 2.76. The van der Waals surface area contributed by atoms with Crippen LogP contribution in [0.1, 0.15) is 17.2 Å². The summed E-state index contributed by atoms with van der Waals surface area (Å²) >= 11 is 1.62. The average Bonchev–Trinajstić information content (AvgIpc) is 3.20. The lowest BCUT2D eigenvalue weighted by Crippen LogP contribution is -2.29. The molecular weight excluding hydrogens is 382 g/mol. The molecule has 1 heterocycles. The Balaban J connectivity index is 1.68. The number of thiophene rings is 1. The first-order valence-corrected chi connectivity index (χ1v) is 10.8. The average molecular weight is 404 g/mol.